The van der Waals surface area contributed by atoms with Crippen LogP contribution in [0, 0.1) is 12.7 Å². The van der Waals surface area contributed by atoms with Crippen molar-refractivity contribution in [3.8, 4) is 0 Å². The van der Waals surface area contributed by atoms with Gasteiger partial charge in [0.05, 0.1) is 4.47 Å². The lowest BCUT2D eigenvalue weighted by atomic mass is 10.2. The Morgan fingerprint density at radius 3 is 2.84 bits per heavy atom. The predicted octanol–water partition coefficient (Wildman–Crippen LogP) is 4.20. The Balaban J connectivity index is 2.27. The van der Waals surface area contributed by atoms with E-state index in [1.165, 1.54) is 12.1 Å². The van der Waals surface area contributed by atoms with Crippen LogP contribution in [0.5, 0.6) is 0 Å². The molecule has 0 fully saturated rings. The van der Waals surface area contributed by atoms with Crippen LogP contribution in [0.4, 0.5) is 10.1 Å². The van der Waals surface area contributed by atoms with E-state index in [4.69, 9.17) is 11.6 Å². The second-order valence-corrected chi connectivity index (χ2v) is 5.12. The number of pyridine rings is 1. The zero-order valence-corrected chi connectivity index (χ0v) is 12.2. The van der Waals surface area contributed by atoms with E-state index in [1.54, 1.807) is 25.1 Å². The quantitative estimate of drug-likeness (QED) is 0.831. The van der Waals surface area contributed by atoms with Crippen LogP contribution >= 0.6 is 27.5 Å². The van der Waals surface area contributed by atoms with Crippen molar-refractivity contribution in [2.24, 2.45) is 0 Å². The molecule has 0 saturated carbocycles. The summed E-state index contributed by atoms with van der Waals surface area (Å²) in [5, 5.41) is 2.83. The Kier molecular flexibility index (Phi) is 4.17. The molecule has 98 valence electrons. The summed E-state index contributed by atoms with van der Waals surface area (Å²) in [6, 6.07) is 7.58. The van der Waals surface area contributed by atoms with Gasteiger partial charge in [0.2, 0.25) is 0 Å². The maximum atomic E-state index is 13.4. The number of aromatic nitrogens is 1. The molecule has 0 aliphatic carbocycles. The number of carbonyl (C=O) groups is 1. The van der Waals surface area contributed by atoms with Crippen molar-refractivity contribution < 1.29 is 9.18 Å². The van der Waals surface area contributed by atoms with Gasteiger partial charge in [-0.2, -0.15) is 0 Å². The number of rotatable bonds is 2. The van der Waals surface area contributed by atoms with Gasteiger partial charge in [-0.3, -0.25) is 4.79 Å². The topological polar surface area (TPSA) is 42.0 Å². The van der Waals surface area contributed by atoms with Crippen molar-refractivity contribution >= 4 is 39.1 Å². The molecule has 6 heteroatoms. The van der Waals surface area contributed by atoms with Crippen LogP contribution in [0.3, 0.4) is 0 Å². The number of halogens is 3. The van der Waals surface area contributed by atoms with Gasteiger partial charge in [-0.25, -0.2) is 9.37 Å². The monoisotopic (exact) mass is 342 g/mol. The predicted molar refractivity (Wildman–Crippen MR) is 76.0 cm³/mol. The number of carbonyl (C=O) groups excluding carboxylic acids is 1. The minimum Gasteiger partial charge on any atom is -0.320 e. The zero-order valence-electron chi connectivity index (χ0n) is 9.88. The normalized spacial score (nSPS) is 10.3. The molecule has 0 unspecified atom stereocenters. The lowest BCUT2D eigenvalue weighted by Gasteiger charge is -2.09. The number of aryl methyl sites for hydroxylation is 1. The summed E-state index contributed by atoms with van der Waals surface area (Å²) in [7, 11) is 0. The molecule has 2 aromatic rings. The molecule has 1 aromatic carbocycles. The van der Waals surface area contributed by atoms with Crippen molar-refractivity contribution in [2.75, 3.05) is 5.32 Å². The molecule has 0 radical (unpaired) electrons. The highest BCUT2D eigenvalue weighted by Crippen LogP contribution is 2.24. The third kappa shape index (κ3) is 3.30. The highest BCUT2D eigenvalue weighted by molar-refractivity contribution is 9.10. The Labute approximate surface area is 122 Å². The Morgan fingerprint density at radius 2 is 2.16 bits per heavy atom. The Hall–Kier alpha value is -1.46. The van der Waals surface area contributed by atoms with Gasteiger partial charge < -0.3 is 5.32 Å². The molecule has 0 saturated heterocycles. The molecule has 0 atom stereocenters. The third-order valence-electron chi connectivity index (χ3n) is 2.46. The summed E-state index contributed by atoms with van der Waals surface area (Å²) in [6.07, 6.45) is 0. The lowest BCUT2D eigenvalue weighted by Crippen LogP contribution is -2.14. The molecule has 1 heterocycles. The van der Waals surface area contributed by atoms with Crippen LogP contribution in [0.25, 0.3) is 0 Å². The second kappa shape index (κ2) is 5.67. The number of anilines is 1. The maximum Gasteiger partial charge on any atom is 0.274 e. The third-order valence-corrected chi connectivity index (χ3v) is 3.28. The minimum absolute atomic E-state index is 0.176. The van der Waals surface area contributed by atoms with Crippen LogP contribution in [0.15, 0.2) is 34.8 Å². The van der Waals surface area contributed by atoms with Gasteiger partial charge in [-0.1, -0.05) is 17.7 Å². The van der Waals surface area contributed by atoms with Gasteiger partial charge in [0.25, 0.3) is 5.91 Å². The van der Waals surface area contributed by atoms with E-state index in [-0.39, 0.29) is 10.8 Å². The smallest absolute Gasteiger partial charge is 0.274 e. The molecule has 3 nitrogen and oxygen atoms in total. The first-order valence-electron chi connectivity index (χ1n) is 5.37. The molecule has 1 aromatic heterocycles. The fraction of sp³-hybridized carbons (Fsp3) is 0.0769. The molecule has 0 spiro atoms. The molecular weight excluding hydrogens is 335 g/mol. The standard InChI is InChI=1S/C13H9BrClFN2O/c1-7-5-8(14)9(16)6-11(7)18-13(19)10-3-2-4-12(15)17-10/h2-6H,1H3,(H,18,19). The van der Waals surface area contributed by atoms with Crippen molar-refractivity contribution in [2.45, 2.75) is 6.92 Å². The number of hydrogen-bond acceptors (Lipinski definition) is 2. The van der Waals surface area contributed by atoms with Gasteiger partial charge in [0.1, 0.15) is 16.7 Å². The van der Waals surface area contributed by atoms with Gasteiger partial charge >= 0.3 is 0 Å². The van der Waals surface area contributed by atoms with E-state index < -0.39 is 11.7 Å². The van der Waals surface area contributed by atoms with Gasteiger partial charge in [0, 0.05) is 5.69 Å². The van der Waals surface area contributed by atoms with Crippen molar-refractivity contribution in [3.63, 3.8) is 0 Å². The summed E-state index contributed by atoms with van der Waals surface area (Å²) in [4.78, 5) is 15.8. The molecule has 19 heavy (non-hydrogen) atoms. The summed E-state index contributed by atoms with van der Waals surface area (Å²) in [6.45, 7) is 1.77. The van der Waals surface area contributed by atoms with Crippen LogP contribution in [0.2, 0.25) is 5.15 Å². The van der Waals surface area contributed by atoms with Crippen molar-refractivity contribution in [1.82, 2.24) is 4.98 Å². The first kappa shape index (κ1) is 14.0. The van der Waals surface area contributed by atoms with E-state index in [2.05, 4.69) is 26.2 Å². The van der Waals surface area contributed by atoms with E-state index in [1.807, 2.05) is 0 Å². The number of nitrogens with one attached hydrogen (secondary N) is 1. The van der Waals surface area contributed by atoms with Gasteiger partial charge in [0.15, 0.2) is 0 Å². The van der Waals surface area contributed by atoms with E-state index in [0.717, 1.165) is 5.56 Å². The molecular formula is C13H9BrClFN2O. The second-order valence-electron chi connectivity index (χ2n) is 3.88. The van der Waals surface area contributed by atoms with Crippen molar-refractivity contribution in [1.29, 1.82) is 0 Å². The summed E-state index contributed by atoms with van der Waals surface area (Å²) < 4.78 is 13.8. The fourth-order valence-electron chi connectivity index (χ4n) is 1.50. The highest BCUT2D eigenvalue weighted by Gasteiger charge is 2.11. The first-order valence-corrected chi connectivity index (χ1v) is 6.54. The molecule has 0 bridgehead atoms. The van der Waals surface area contributed by atoms with Gasteiger partial charge in [-0.15, -0.1) is 0 Å². The largest absolute Gasteiger partial charge is 0.320 e. The minimum atomic E-state index is -0.444. The summed E-state index contributed by atoms with van der Waals surface area (Å²) in [5.74, 6) is -0.882. The fourth-order valence-corrected chi connectivity index (χ4v) is 2.12. The number of hydrogen-bond donors (Lipinski definition) is 1. The summed E-state index contributed by atoms with van der Waals surface area (Å²) >= 11 is 8.80. The van der Waals surface area contributed by atoms with Crippen LogP contribution in [-0.2, 0) is 0 Å². The Bertz CT molecular complexity index is 649. The lowest BCUT2D eigenvalue weighted by molar-refractivity contribution is 0.102. The van der Waals surface area contributed by atoms with Crippen LogP contribution < -0.4 is 5.32 Å². The zero-order chi connectivity index (χ0) is 14.0. The number of benzene rings is 1. The number of amides is 1. The summed E-state index contributed by atoms with van der Waals surface area (Å²) in [5.41, 5.74) is 1.31. The van der Waals surface area contributed by atoms with E-state index >= 15 is 0 Å². The van der Waals surface area contributed by atoms with Crippen molar-refractivity contribution in [3.05, 3.63) is 57.0 Å². The van der Waals surface area contributed by atoms with Gasteiger partial charge in [-0.05, 0) is 52.7 Å². The average molecular weight is 344 g/mol. The molecule has 1 amide bonds. The van der Waals surface area contributed by atoms with E-state index in [9.17, 15) is 9.18 Å². The highest BCUT2D eigenvalue weighted by atomic mass is 79.9. The molecule has 0 aliphatic rings. The molecule has 1 N–H and O–H groups in total. The first-order chi connectivity index (χ1) is 8.97. The van der Waals surface area contributed by atoms with E-state index in [0.29, 0.717) is 10.2 Å². The van der Waals surface area contributed by atoms with Crippen LogP contribution in [0.1, 0.15) is 16.1 Å². The SMILES string of the molecule is Cc1cc(Br)c(F)cc1NC(=O)c1cccc(Cl)n1. The molecule has 2 rings (SSSR count). The van der Waals surface area contributed by atoms with Crippen LogP contribution in [-0.4, -0.2) is 10.9 Å². The number of nitrogens with zero attached hydrogens (tertiary/aromatic N) is 1. The maximum absolute atomic E-state index is 13.4. The molecule has 0 aliphatic heterocycles. The average Bonchev–Trinajstić information content (AvgIpc) is 2.36. The Morgan fingerprint density at radius 1 is 1.42 bits per heavy atom.